The Morgan fingerprint density at radius 3 is 2.42 bits per heavy atom. The van der Waals surface area contributed by atoms with E-state index in [9.17, 15) is 9.59 Å². The van der Waals surface area contributed by atoms with Crippen molar-refractivity contribution in [1.82, 2.24) is 4.57 Å². The van der Waals surface area contributed by atoms with Crippen LogP contribution in [-0.4, -0.2) is 21.4 Å². The Balaban J connectivity index is 1.68. The van der Waals surface area contributed by atoms with E-state index in [4.69, 9.17) is 16.7 Å². The van der Waals surface area contributed by atoms with Gasteiger partial charge in [-0.15, -0.1) is 0 Å². The van der Waals surface area contributed by atoms with E-state index >= 15 is 0 Å². The molecule has 0 aliphatic heterocycles. The van der Waals surface area contributed by atoms with E-state index < -0.39 is 5.97 Å². The molecule has 0 saturated heterocycles. The van der Waals surface area contributed by atoms with Gasteiger partial charge in [-0.3, -0.25) is 9.59 Å². The number of halogens is 1. The third-order valence-electron chi connectivity index (χ3n) is 6.33. The summed E-state index contributed by atoms with van der Waals surface area (Å²) in [4.78, 5) is 24.3. The molecule has 1 aromatic heterocycles. The van der Waals surface area contributed by atoms with Gasteiger partial charge in [-0.1, -0.05) is 61.2 Å². The lowest BCUT2D eigenvalue weighted by Crippen LogP contribution is -2.12. The molecule has 4 nitrogen and oxygen atoms in total. The number of benzene rings is 2. The highest BCUT2D eigenvalue weighted by molar-refractivity contribution is 6.31. The maximum absolute atomic E-state index is 13.3. The number of hydrogen-bond acceptors (Lipinski definition) is 2. The molecule has 1 N–H and O–H groups in total. The molecule has 1 heterocycles. The first-order chi connectivity index (χ1) is 15.8. The van der Waals surface area contributed by atoms with Crippen LogP contribution in [0.1, 0.15) is 72.6 Å². The topological polar surface area (TPSA) is 59.3 Å². The lowest BCUT2D eigenvalue weighted by atomic mass is 9.94. The minimum Gasteiger partial charge on any atom is -0.481 e. The lowest BCUT2D eigenvalue weighted by Gasteiger charge is -2.11. The SMILES string of the molecule is Cc1cccc(CCCCCCc2c(C(=O)CC(C)CC(=O)O)c3cc(Cl)ccc3n2C)c1. The van der Waals surface area contributed by atoms with Crippen LogP contribution in [-0.2, 0) is 24.7 Å². The predicted molar refractivity (Wildman–Crippen MR) is 135 cm³/mol. The first kappa shape index (κ1) is 25.0. The fourth-order valence-corrected chi connectivity index (χ4v) is 4.88. The summed E-state index contributed by atoms with van der Waals surface area (Å²) in [5.41, 5.74) is 5.43. The maximum Gasteiger partial charge on any atom is 0.303 e. The first-order valence-corrected chi connectivity index (χ1v) is 12.2. The van der Waals surface area contributed by atoms with Crippen molar-refractivity contribution in [2.24, 2.45) is 13.0 Å². The standard InChI is InChI=1S/C28H34ClNO3/c1-19-9-8-11-21(15-19)10-6-4-5-7-12-25-28(26(31)16-20(2)17-27(32)33)23-18-22(29)13-14-24(23)30(25)3/h8-9,11,13-15,18,20H,4-7,10,12,16-17H2,1-3H3,(H,32,33). The van der Waals surface area contributed by atoms with Crippen LogP contribution < -0.4 is 0 Å². The molecule has 0 fully saturated rings. The van der Waals surface area contributed by atoms with Crippen molar-refractivity contribution in [1.29, 1.82) is 0 Å². The van der Waals surface area contributed by atoms with E-state index in [0.717, 1.165) is 55.1 Å². The van der Waals surface area contributed by atoms with Crippen molar-refractivity contribution >= 4 is 34.3 Å². The molecule has 5 heteroatoms. The Labute approximate surface area is 201 Å². The van der Waals surface area contributed by atoms with Crippen LogP contribution in [0.25, 0.3) is 10.9 Å². The van der Waals surface area contributed by atoms with E-state index in [0.29, 0.717) is 10.6 Å². The summed E-state index contributed by atoms with van der Waals surface area (Å²) >= 11 is 6.26. The molecule has 1 atom stereocenters. The van der Waals surface area contributed by atoms with E-state index in [1.54, 1.807) is 0 Å². The highest BCUT2D eigenvalue weighted by Gasteiger charge is 2.23. The molecule has 0 bridgehead atoms. The minimum absolute atomic E-state index is 0.00561. The first-order valence-electron chi connectivity index (χ1n) is 11.8. The third kappa shape index (κ3) is 6.70. The fourth-order valence-electron chi connectivity index (χ4n) is 4.70. The summed E-state index contributed by atoms with van der Waals surface area (Å²) in [6, 6.07) is 14.4. The van der Waals surface area contributed by atoms with Crippen molar-refractivity contribution in [3.63, 3.8) is 0 Å². The van der Waals surface area contributed by atoms with Gasteiger partial charge in [0, 0.05) is 47.1 Å². The highest BCUT2D eigenvalue weighted by Crippen LogP contribution is 2.31. The van der Waals surface area contributed by atoms with Crippen LogP contribution in [0.2, 0.25) is 5.02 Å². The third-order valence-corrected chi connectivity index (χ3v) is 6.57. The molecule has 0 spiro atoms. The van der Waals surface area contributed by atoms with Gasteiger partial charge in [0.15, 0.2) is 5.78 Å². The molecule has 2 aromatic carbocycles. The van der Waals surface area contributed by atoms with E-state index in [-0.39, 0.29) is 24.5 Å². The van der Waals surface area contributed by atoms with Crippen molar-refractivity contribution in [2.45, 2.75) is 65.2 Å². The molecule has 0 radical (unpaired) electrons. The van der Waals surface area contributed by atoms with Gasteiger partial charge in [0.1, 0.15) is 0 Å². The van der Waals surface area contributed by atoms with Crippen molar-refractivity contribution < 1.29 is 14.7 Å². The molecule has 0 aliphatic rings. The number of carbonyl (C=O) groups excluding carboxylic acids is 1. The van der Waals surface area contributed by atoms with Crippen LogP contribution in [0.3, 0.4) is 0 Å². The largest absolute Gasteiger partial charge is 0.481 e. The summed E-state index contributed by atoms with van der Waals surface area (Å²) in [6.45, 7) is 3.94. The molecule has 0 aliphatic carbocycles. The number of carbonyl (C=O) groups is 2. The van der Waals surface area contributed by atoms with Crippen LogP contribution in [0, 0.1) is 12.8 Å². The van der Waals surface area contributed by atoms with Crippen LogP contribution >= 0.6 is 11.6 Å². The Bertz CT molecular complexity index is 1130. The zero-order chi connectivity index (χ0) is 24.0. The van der Waals surface area contributed by atoms with Gasteiger partial charge in [0.05, 0.1) is 0 Å². The number of rotatable bonds is 12. The average molecular weight is 468 g/mol. The minimum atomic E-state index is -0.873. The van der Waals surface area contributed by atoms with Crippen LogP contribution in [0.4, 0.5) is 0 Å². The monoisotopic (exact) mass is 467 g/mol. The number of unbranched alkanes of at least 4 members (excludes halogenated alkanes) is 3. The number of aliphatic carboxylic acids is 1. The molecule has 1 unspecified atom stereocenters. The number of fused-ring (bicyclic) bond motifs is 1. The number of nitrogens with zero attached hydrogens (tertiary/aromatic N) is 1. The molecular weight excluding hydrogens is 434 g/mol. The highest BCUT2D eigenvalue weighted by atomic mass is 35.5. The van der Waals surface area contributed by atoms with Crippen molar-refractivity contribution in [3.8, 4) is 0 Å². The number of aromatic nitrogens is 1. The second-order valence-electron chi connectivity index (χ2n) is 9.28. The average Bonchev–Trinajstić information content (AvgIpc) is 3.01. The van der Waals surface area contributed by atoms with Gasteiger partial charge in [0.25, 0.3) is 0 Å². The Morgan fingerprint density at radius 2 is 1.73 bits per heavy atom. The van der Waals surface area contributed by atoms with Crippen LogP contribution in [0.15, 0.2) is 42.5 Å². The normalized spacial score (nSPS) is 12.2. The number of hydrogen-bond donors (Lipinski definition) is 1. The number of carboxylic acid groups (broad SMARTS) is 1. The summed E-state index contributed by atoms with van der Waals surface area (Å²) in [5, 5.41) is 10.5. The zero-order valence-corrected chi connectivity index (χ0v) is 20.6. The second kappa shape index (κ2) is 11.5. The molecule has 33 heavy (non-hydrogen) atoms. The van der Waals surface area contributed by atoms with Gasteiger partial charge < -0.3 is 9.67 Å². The van der Waals surface area contributed by atoms with Crippen molar-refractivity contribution in [2.75, 3.05) is 0 Å². The zero-order valence-electron chi connectivity index (χ0n) is 19.9. The molecule has 176 valence electrons. The van der Waals surface area contributed by atoms with E-state index in [1.165, 1.54) is 11.1 Å². The van der Waals surface area contributed by atoms with Gasteiger partial charge >= 0.3 is 5.97 Å². The second-order valence-corrected chi connectivity index (χ2v) is 9.71. The lowest BCUT2D eigenvalue weighted by molar-refractivity contribution is -0.137. The summed E-state index contributed by atoms with van der Waals surface area (Å²) < 4.78 is 2.10. The van der Waals surface area contributed by atoms with E-state index in [1.807, 2.05) is 32.2 Å². The number of carboxylic acids is 1. The quantitative estimate of drug-likeness (QED) is 0.227. The van der Waals surface area contributed by atoms with Gasteiger partial charge in [-0.2, -0.15) is 0 Å². The molecular formula is C28H34ClNO3. The molecule has 0 saturated carbocycles. The number of ketones is 1. The number of Topliss-reactive ketones (excluding diaryl/α,β-unsaturated/α-hetero) is 1. The molecule has 3 rings (SSSR count). The van der Waals surface area contributed by atoms with Gasteiger partial charge in [-0.05, 0) is 62.3 Å². The van der Waals surface area contributed by atoms with Gasteiger partial charge in [-0.25, -0.2) is 0 Å². The van der Waals surface area contributed by atoms with Gasteiger partial charge in [0.2, 0.25) is 0 Å². The Morgan fingerprint density at radius 1 is 1.00 bits per heavy atom. The van der Waals surface area contributed by atoms with Crippen LogP contribution in [0.5, 0.6) is 0 Å². The Kier molecular flexibility index (Phi) is 8.74. The summed E-state index contributed by atoms with van der Waals surface area (Å²) in [5.74, 6) is -1.08. The summed E-state index contributed by atoms with van der Waals surface area (Å²) in [6.07, 6.45) is 6.57. The fraction of sp³-hybridized carbons (Fsp3) is 0.429. The predicted octanol–water partition coefficient (Wildman–Crippen LogP) is 7.17. The molecule has 3 aromatic rings. The smallest absolute Gasteiger partial charge is 0.303 e. The molecule has 0 amide bonds. The Hall–Kier alpha value is -2.59. The van der Waals surface area contributed by atoms with Crippen molar-refractivity contribution in [3.05, 3.63) is 69.9 Å². The summed E-state index contributed by atoms with van der Waals surface area (Å²) in [7, 11) is 2.00. The maximum atomic E-state index is 13.3. The number of aryl methyl sites for hydroxylation is 3. The van der Waals surface area contributed by atoms with E-state index in [2.05, 4.69) is 35.8 Å².